The smallest absolute Gasteiger partial charge is 0.264 e. The fourth-order valence-electron chi connectivity index (χ4n) is 3.69. The molecular weight excluding hydrogens is 446 g/mol. The molecule has 0 saturated heterocycles. The maximum atomic E-state index is 13.2. The number of sulfonamides is 1. The van der Waals surface area contributed by atoms with Crippen LogP contribution in [0.15, 0.2) is 71.6 Å². The van der Waals surface area contributed by atoms with Crippen molar-refractivity contribution in [2.45, 2.75) is 24.2 Å². The van der Waals surface area contributed by atoms with Gasteiger partial charge in [0.2, 0.25) is 0 Å². The predicted molar refractivity (Wildman–Crippen MR) is 124 cm³/mol. The number of benzene rings is 3. The first-order valence-electron chi connectivity index (χ1n) is 10.1. The van der Waals surface area contributed by atoms with E-state index in [1.165, 1.54) is 16.4 Å². The van der Waals surface area contributed by atoms with Crippen LogP contribution in [-0.2, 0) is 22.9 Å². The molecule has 1 amide bonds. The number of nitrogens with zero attached hydrogens (tertiary/aromatic N) is 2. The minimum absolute atomic E-state index is 0.177. The van der Waals surface area contributed by atoms with E-state index in [4.69, 9.17) is 16.9 Å². The number of fused-ring (bicyclic) bond motifs is 1. The summed E-state index contributed by atoms with van der Waals surface area (Å²) in [5.74, 6) is -0.279. The lowest BCUT2D eigenvalue weighted by molar-refractivity contribution is 0.102. The topological polar surface area (TPSA) is 90.3 Å². The first kappa shape index (κ1) is 21.9. The number of nitrogens with one attached hydrogen (secondary N) is 1. The molecule has 1 aliphatic heterocycles. The van der Waals surface area contributed by atoms with Gasteiger partial charge in [0.1, 0.15) is 0 Å². The van der Waals surface area contributed by atoms with E-state index in [2.05, 4.69) is 11.4 Å². The molecular formula is C24H20ClN3O3S. The van der Waals surface area contributed by atoms with Gasteiger partial charge in [-0.1, -0.05) is 23.7 Å². The second-order valence-electron chi connectivity index (χ2n) is 7.46. The highest BCUT2D eigenvalue weighted by atomic mass is 35.5. The van der Waals surface area contributed by atoms with Crippen molar-refractivity contribution < 1.29 is 13.2 Å². The van der Waals surface area contributed by atoms with Crippen LogP contribution in [0.2, 0.25) is 5.02 Å². The van der Waals surface area contributed by atoms with Crippen molar-refractivity contribution in [2.75, 3.05) is 16.2 Å². The molecule has 1 heterocycles. The van der Waals surface area contributed by atoms with Gasteiger partial charge in [-0.3, -0.25) is 9.10 Å². The van der Waals surface area contributed by atoms with Crippen LogP contribution < -0.4 is 9.62 Å². The first-order chi connectivity index (χ1) is 15.4. The third kappa shape index (κ3) is 4.47. The Labute approximate surface area is 192 Å². The summed E-state index contributed by atoms with van der Waals surface area (Å²) in [7, 11) is -3.73. The molecule has 1 N–H and O–H groups in total. The highest BCUT2D eigenvalue weighted by molar-refractivity contribution is 7.92. The fraction of sp³-hybridized carbons (Fsp3) is 0.167. The van der Waals surface area contributed by atoms with Crippen LogP contribution in [0.3, 0.4) is 0 Å². The summed E-state index contributed by atoms with van der Waals surface area (Å²) in [4.78, 5) is 12.9. The molecule has 0 spiro atoms. The zero-order chi connectivity index (χ0) is 22.7. The zero-order valence-electron chi connectivity index (χ0n) is 17.1. The Bertz CT molecular complexity index is 1300. The largest absolute Gasteiger partial charge is 0.322 e. The summed E-state index contributed by atoms with van der Waals surface area (Å²) in [5.41, 5.74) is 3.35. The van der Waals surface area contributed by atoms with Gasteiger partial charge in [-0.2, -0.15) is 5.26 Å². The Kier molecular flexibility index (Phi) is 6.17. The van der Waals surface area contributed by atoms with E-state index in [1.807, 2.05) is 0 Å². The molecule has 0 aromatic heterocycles. The normalized spacial score (nSPS) is 13.2. The molecule has 0 bridgehead atoms. The van der Waals surface area contributed by atoms with Crippen molar-refractivity contribution in [3.05, 3.63) is 88.4 Å². The van der Waals surface area contributed by atoms with E-state index in [-0.39, 0.29) is 10.8 Å². The molecule has 0 aliphatic carbocycles. The maximum Gasteiger partial charge on any atom is 0.264 e. The fourth-order valence-corrected chi connectivity index (χ4v) is 5.35. The maximum absolute atomic E-state index is 13.2. The Morgan fingerprint density at radius 3 is 2.47 bits per heavy atom. The van der Waals surface area contributed by atoms with Gasteiger partial charge in [0.25, 0.3) is 15.9 Å². The molecule has 8 heteroatoms. The number of carbonyl (C=O) groups excluding carboxylic acids is 1. The Morgan fingerprint density at radius 1 is 1.06 bits per heavy atom. The molecule has 3 aromatic carbocycles. The minimum atomic E-state index is -3.73. The molecule has 0 fully saturated rings. The molecule has 0 saturated carbocycles. The molecule has 0 radical (unpaired) electrons. The SMILES string of the molecule is N#CCc1ccc(NC(=O)c2ccc3c(c2)CCCN3S(=O)(=O)c2ccc(Cl)cc2)cc1. The monoisotopic (exact) mass is 465 g/mol. The van der Waals surface area contributed by atoms with Crippen LogP contribution in [0.5, 0.6) is 0 Å². The summed E-state index contributed by atoms with van der Waals surface area (Å²) in [6.07, 6.45) is 1.66. The number of rotatable bonds is 5. The number of carbonyl (C=O) groups is 1. The third-order valence-electron chi connectivity index (χ3n) is 5.31. The van der Waals surface area contributed by atoms with Gasteiger partial charge < -0.3 is 5.32 Å². The second-order valence-corrected chi connectivity index (χ2v) is 9.76. The van der Waals surface area contributed by atoms with Gasteiger partial charge in [-0.25, -0.2) is 8.42 Å². The van der Waals surface area contributed by atoms with Crippen molar-refractivity contribution in [3.63, 3.8) is 0 Å². The first-order valence-corrected chi connectivity index (χ1v) is 11.9. The standard InChI is InChI=1S/C24H20ClN3O3S/c25-20-6-10-22(11-7-20)32(30,31)28-15-1-2-18-16-19(5-12-23(18)28)24(29)27-21-8-3-17(4-9-21)13-14-26/h3-12,16H,1-2,13,15H2,(H,27,29). The summed E-state index contributed by atoms with van der Waals surface area (Å²) in [5, 5.41) is 12.1. The molecule has 6 nitrogen and oxygen atoms in total. The average Bonchev–Trinajstić information content (AvgIpc) is 2.80. The number of halogens is 1. The van der Waals surface area contributed by atoms with E-state index >= 15 is 0 Å². The van der Waals surface area contributed by atoms with Crippen LogP contribution in [0.1, 0.15) is 27.9 Å². The number of anilines is 2. The number of amides is 1. The Balaban J connectivity index is 1.57. The van der Waals surface area contributed by atoms with Crippen LogP contribution >= 0.6 is 11.6 Å². The minimum Gasteiger partial charge on any atom is -0.322 e. The van der Waals surface area contributed by atoms with E-state index in [0.29, 0.717) is 47.8 Å². The molecule has 32 heavy (non-hydrogen) atoms. The van der Waals surface area contributed by atoms with Crippen LogP contribution in [0.25, 0.3) is 0 Å². The molecule has 162 valence electrons. The Hall–Kier alpha value is -3.34. The van der Waals surface area contributed by atoms with Crippen LogP contribution in [-0.4, -0.2) is 20.9 Å². The third-order valence-corrected chi connectivity index (χ3v) is 7.39. The van der Waals surface area contributed by atoms with E-state index in [9.17, 15) is 13.2 Å². The van der Waals surface area contributed by atoms with Gasteiger partial charge in [-0.15, -0.1) is 0 Å². The van der Waals surface area contributed by atoms with Gasteiger partial charge in [0, 0.05) is 22.8 Å². The lowest BCUT2D eigenvalue weighted by atomic mass is 10.0. The zero-order valence-corrected chi connectivity index (χ0v) is 18.7. The van der Waals surface area contributed by atoms with Crippen LogP contribution in [0, 0.1) is 11.3 Å². The molecule has 1 aliphatic rings. The van der Waals surface area contributed by atoms with Crippen molar-refractivity contribution in [2.24, 2.45) is 0 Å². The molecule has 4 rings (SSSR count). The number of nitriles is 1. The average molecular weight is 466 g/mol. The Morgan fingerprint density at radius 2 is 1.78 bits per heavy atom. The number of hydrogen-bond acceptors (Lipinski definition) is 4. The summed E-state index contributed by atoms with van der Waals surface area (Å²) in [6, 6.07) is 20.4. The van der Waals surface area contributed by atoms with E-state index in [0.717, 1.165) is 11.1 Å². The van der Waals surface area contributed by atoms with Crippen LogP contribution in [0.4, 0.5) is 11.4 Å². The summed E-state index contributed by atoms with van der Waals surface area (Å²) >= 11 is 5.90. The molecule has 3 aromatic rings. The predicted octanol–water partition coefficient (Wildman–Crippen LogP) is 4.80. The second kappa shape index (κ2) is 9.03. The highest BCUT2D eigenvalue weighted by Gasteiger charge is 2.29. The van der Waals surface area contributed by atoms with Crippen molar-refractivity contribution in [1.82, 2.24) is 0 Å². The molecule has 0 atom stereocenters. The van der Waals surface area contributed by atoms with Crippen molar-refractivity contribution in [3.8, 4) is 6.07 Å². The van der Waals surface area contributed by atoms with Crippen molar-refractivity contribution in [1.29, 1.82) is 5.26 Å². The number of hydrogen-bond donors (Lipinski definition) is 1. The quantitative estimate of drug-likeness (QED) is 0.586. The van der Waals surface area contributed by atoms with Gasteiger partial charge in [0.15, 0.2) is 0 Å². The summed E-state index contributed by atoms with van der Waals surface area (Å²) < 4.78 is 27.8. The van der Waals surface area contributed by atoms with E-state index < -0.39 is 10.0 Å². The van der Waals surface area contributed by atoms with Gasteiger partial charge in [0.05, 0.1) is 23.1 Å². The highest BCUT2D eigenvalue weighted by Crippen LogP contribution is 2.33. The molecule has 0 unspecified atom stereocenters. The lowest BCUT2D eigenvalue weighted by Gasteiger charge is -2.30. The van der Waals surface area contributed by atoms with Gasteiger partial charge >= 0.3 is 0 Å². The summed E-state index contributed by atoms with van der Waals surface area (Å²) in [6.45, 7) is 0.374. The van der Waals surface area contributed by atoms with E-state index in [1.54, 1.807) is 54.6 Å². The lowest BCUT2D eigenvalue weighted by Crippen LogP contribution is -2.35. The van der Waals surface area contributed by atoms with Crippen molar-refractivity contribution >= 4 is 38.9 Å². The number of aryl methyl sites for hydroxylation is 1. The van der Waals surface area contributed by atoms with Gasteiger partial charge in [-0.05, 0) is 78.6 Å².